The average Bonchev–Trinajstić information content (AvgIpc) is 2.26. The van der Waals surface area contributed by atoms with Crippen molar-refractivity contribution < 1.29 is 4.79 Å². The van der Waals surface area contributed by atoms with E-state index in [2.05, 4.69) is 15.6 Å². The highest BCUT2D eigenvalue weighted by molar-refractivity contribution is 6.37. The molecular formula is C10H14Cl2N4O. The number of nitrogens with zero attached hydrogens (tertiary/aromatic N) is 1. The molecule has 1 aromatic heterocycles. The molecule has 0 spiro atoms. The zero-order valence-corrected chi connectivity index (χ0v) is 10.9. The fourth-order valence-electron chi connectivity index (χ4n) is 1.24. The van der Waals surface area contributed by atoms with E-state index in [0.29, 0.717) is 41.1 Å². The second-order valence-corrected chi connectivity index (χ2v) is 4.21. The van der Waals surface area contributed by atoms with Crippen molar-refractivity contribution in [2.75, 3.05) is 24.2 Å². The summed E-state index contributed by atoms with van der Waals surface area (Å²) in [6, 6.07) is 1.61. The van der Waals surface area contributed by atoms with Crippen LogP contribution >= 0.6 is 23.2 Å². The van der Waals surface area contributed by atoms with Gasteiger partial charge in [0.05, 0.1) is 10.0 Å². The molecule has 0 atom stereocenters. The Bertz CT molecular complexity index is 412. The molecule has 0 aromatic carbocycles. The maximum absolute atomic E-state index is 10.5. The standard InChI is InChI=1S/C10H14Cl2N4O/c1-14-9-6(11)5-7(12)10(16-9)15-4-2-3-8(13)17/h5H,2-4H2,1H3,(H2,13,17)(H2,14,15,16). The number of rotatable bonds is 6. The number of primary amides is 1. The van der Waals surface area contributed by atoms with Gasteiger partial charge in [0.1, 0.15) is 11.6 Å². The van der Waals surface area contributed by atoms with E-state index in [9.17, 15) is 4.79 Å². The largest absolute Gasteiger partial charge is 0.372 e. The maximum atomic E-state index is 10.5. The van der Waals surface area contributed by atoms with Crippen molar-refractivity contribution in [3.05, 3.63) is 16.1 Å². The molecule has 1 amide bonds. The predicted molar refractivity (Wildman–Crippen MR) is 70.7 cm³/mol. The van der Waals surface area contributed by atoms with Gasteiger partial charge in [-0.1, -0.05) is 23.2 Å². The third-order valence-electron chi connectivity index (χ3n) is 2.06. The van der Waals surface area contributed by atoms with Crippen molar-refractivity contribution in [1.82, 2.24) is 4.98 Å². The SMILES string of the molecule is CNc1nc(NCCCC(N)=O)c(Cl)cc1Cl. The first-order valence-corrected chi connectivity index (χ1v) is 5.86. The highest BCUT2D eigenvalue weighted by Crippen LogP contribution is 2.28. The number of carbonyl (C=O) groups excluding carboxylic acids is 1. The number of nitrogens with two attached hydrogens (primary N) is 1. The van der Waals surface area contributed by atoms with Crippen molar-refractivity contribution in [1.29, 1.82) is 0 Å². The van der Waals surface area contributed by atoms with Crippen molar-refractivity contribution >= 4 is 40.7 Å². The van der Waals surface area contributed by atoms with Gasteiger partial charge in [0.25, 0.3) is 0 Å². The third kappa shape index (κ3) is 4.28. The minimum atomic E-state index is -0.321. The Labute approximate surface area is 110 Å². The number of carbonyl (C=O) groups is 1. The van der Waals surface area contributed by atoms with Gasteiger partial charge in [-0.3, -0.25) is 4.79 Å². The van der Waals surface area contributed by atoms with E-state index in [0.717, 1.165) is 0 Å². The Morgan fingerprint density at radius 2 is 2.06 bits per heavy atom. The third-order valence-corrected chi connectivity index (χ3v) is 2.63. The van der Waals surface area contributed by atoms with E-state index in [4.69, 9.17) is 28.9 Å². The number of pyridine rings is 1. The summed E-state index contributed by atoms with van der Waals surface area (Å²) in [7, 11) is 1.72. The molecule has 1 aromatic rings. The molecular weight excluding hydrogens is 263 g/mol. The first-order valence-electron chi connectivity index (χ1n) is 5.10. The molecule has 0 aliphatic carbocycles. The highest BCUT2D eigenvalue weighted by Gasteiger charge is 2.07. The van der Waals surface area contributed by atoms with Gasteiger partial charge in [0, 0.05) is 20.0 Å². The number of hydrogen-bond donors (Lipinski definition) is 3. The lowest BCUT2D eigenvalue weighted by Crippen LogP contribution is -2.13. The molecule has 1 rings (SSSR count). The average molecular weight is 277 g/mol. The second kappa shape index (κ2) is 6.51. The van der Waals surface area contributed by atoms with Crippen LogP contribution < -0.4 is 16.4 Å². The molecule has 7 heteroatoms. The summed E-state index contributed by atoms with van der Waals surface area (Å²) >= 11 is 11.9. The first kappa shape index (κ1) is 13.9. The Kier molecular flexibility index (Phi) is 5.31. The molecule has 0 saturated heterocycles. The Morgan fingerprint density at radius 1 is 1.41 bits per heavy atom. The zero-order chi connectivity index (χ0) is 12.8. The molecule has 94 valence electrons. The Hall–Kier alpha value is -1.20. The lowest BCUT2D eigenvalue weighted by atomic mass is 10.3. The molecule has 0 bridgehead atoms. The van der Waals surface area contributed by atoms with E-state index < -0.39 is 0 Å². The molecule has 0 unspecified atom stereocenters. The van der Waals surface area contributed by atoms with Gasteiger partial charge in [-0.2, -0.15) is 0 Å². The fraction of sp³-hybridized carbons (Fsp3) is 0.400. The number of amides is 1. The first-order chi connectivity index (χ1) is 8.04. The van der Waals surface area contributed by atoms with E-state index in [1.807, 2.05) is 0 Å². The summed E-state index contributed by atoms with van der Waals surface area (Å²) in [5.74, 6) is 0.760. The monoisotopic (exact) mass is 276 g/mol. The fourth-order valence-corrected chi connectivity index (χ4v) is 1.76. The summed E-state index contributed by atoms with van der Waals surface area (Å²) in [5.41, 5.74) is 5.03. The van der Waals surface area contributed by atoms with Crippen molar-refractivity contribution in [2.45, 2.75) is 12.8 Å². The number of hydrogen-bond acceptors (Lipinski definition) is 4. The van der Waals surface area contributed by atoms with Crippen molar-refractivity contribution in [2.24, 2.45) is 5.73 Å². The minimum absolute atomic E-state index is 0.321. The van der Waals surface area contributed by atoms with E-state index >= 15 is 0 Å². The van der Waals surface area contributed by atoms with Crippen LogP contribution in [0.4, 0.5) is 11.6 Å². The van der Waals surface area contributed by atoms with Gasteiger partial charge in [-0.25, -0.2) is 4.98 Å². The molecule has 0 aliphatic heterocycles. The lowest BCUT2D eigenvalue weighted by molar-refractivity contribution is -0.118. The number of anilines is 2. The second-order valence-electron chi connectivity index (χ2n) is 3.40. The van der Waals surface area contributed by atoms with Crippen molar-refractivity contribution in [3.8, 4) is 0 Å². The molecule has 5 nitrogen and oxygen atoms in total. The molecule has 4 N–H and O–H groups in total. The van der Waals surface area contributed by atoms with Gasteiger partial charge in [0.15, 0.2) is 0 Å². The molecule has 0 saturated carbocycles. The van der Waals surface area contributed by atoms with Gasteiger partial charge in [-0.15, -0.1) is 0 Å². The number of halogens is 2. The number of nitrogens with one attached hydrogen (secondary N) is 2. The Balaban J connectivity index is 2.61. The van der Waals surface area contributed by atoms with Crippen LogP contribution in [-0.2, 0) is 4.79 Å². The van der Waals surface area contributed by atoms with Crippen LogP contribution in [0.3, 0.4) is 0 Å². The zero-order valence-electron chi connectivity index (χ0n) is 9.39. The highest BCUT2D eigenvalue weighted by atomic mass is 35.5. The normalized spacial score (nSPS) is 10.1. The molecule has 0 radical (unpaired) electrons. The van der Waals surface area contributed by atoms with Crippen LogP contribution in [-0.4, -0.2) is 24.5 Å². The number of aromatic nitrogens is 1. The van der Waals surface area contributed by atoms with Crippen LogP contribution in [0.5, 0.6) is 0 Å². The lowest BCUT2D eigenvalue weighted by Gasteiger charge is -2.10. The summed E-state index contributed by atoms with van der Waals surface area (Å²) in [6.07, 6.45) is 0.960. The van der Waals surface area contributed by atoms with Gasteiger partial charge >= 0.3 is 0 Å². The summed E-state index contributed by atoms with van der Waals surface area (Å²) in [6.45, 7) is 0.570. The summed E-state index contributed by atoms with van der Waals surface area (Å²) < 4.78 is 0. The van der Waals surface area contributed by atoms with E-state index in [1.54, 1.807) is 13.1 Å². The van der Waals surface area contributed by atoms with Crippen LogP contribution in [0.15, 0.2) is 6.07 Å². The van der Waals surface area contributed by atoms with Crippen molar-refractivity contribution in [3.63, 3.8) is 0 Å². The minimum Gasteiger partial charge on any atom is -0.372 e. The van der Waals surface area contributed by atoms with Crippen LogP contribution in [0.25, 0.3) is 0 Å². The molecule has 0 aliphatic rings. The van der Waals surface area contributed by atoms with Gasteiger partial charge in [0.2, 0.25) is 5.91 Å². The topological polar surface area (TPSA) is 80.0 Å². The van der Waals surface area contributed by atoms with Gasteiger partial charge in [-0.05, 0) is 12.5 Å². The van der Waals surface area contributed by atoms with E-state index in [-0.39, 0.29) is 5.91 Å². The van der Waals surface area contributed by atoms with Crippen LogP contribution in [0, 0.1) is 0 Å². The van der Waals surface area contributed by atoms with Crippen LogP contribution in [0.1, 0.15) is 12.8 Å². The maximum Gasteiger partial charge on any atom is 0.217 e. The smallest absolute Gasteiger partial charge is 0.217 e. The molecule has 17 heavy (non-hydrogen) atoms. The molecule has 0 fully saturated rings. The molecule has 1 heterocycles. The predicted octanol–water partition coefficient (Wildman–Crippen LogP) is 2.11. The summed E-state index contributed by atoms with van der Waals surface area (Å²) in [5, 5.41) is 6.77. The summed E-state index contributed by atoms with van der Waals surface area (Å²) in [4.78, 5) is 14.8. The Morgan fingerprint density at radius 3 is 2.65 bits per heavy atom. The van der Waals surface area contributed by atoms with E-state index in [1.165, 1.54) is 0 Å². The van der Waals surface area contributed by atoms with Crippen LogP contribution in [0.2, 0.25) is 10.0 Å². The van der Waals surface area contributed by atoms with Gasteiger partial charge < -0.3 is 16.4 Å². The quantitative estimate of drug-likeness (QED) is 0.696.